The molecule has 0 aliphatic heterocycles. The summed E-state index contributed by atoms with van der Waals surface area (Å²) in [6, 6.07) is 74.7. The van der Waals surface area contributed by atoms with Crippen molar-refractivity contribution in [1.29, 1.82) is 0 Å². The van der Waals surface area contributed by atoms with Crippen LogP contribution in [0.25, 0.3) is 71.3 Å². The second-order valence-electron chi connectivity index (χ2n) is 13.3. The maximum atomic E-state index is 2.51. The standard InChI is InChI=1S/C50H34N2/c1-4-17-35(18-5-1)36-31-33-37(34-32-36)48-42-25-12-10-23-40(42)41-24-11-13-26-43(41)50(48)52(39-21-8-3-9-22-39)47-30-16-29-46-49(47)44-27-14-15-28-45(44)51(46)38-19-6-2-7-20-38/h1-34H. The quantitative estimate of drug-likeness (QED) is 0.161. The van der Waals surface area contributed by atoms with Crippen LogP contribution in [0, 0.1) is 0 Å². The zero-order valence-electron chi connectivity index (χ0n) is 28.5. The summed E-state index contributed by atoms with van der Waals surface area (Å²) in [7, 11) is 0. The van der Waals surface area contributed by atoms with E-state index in [9.17, 15) is 0 Å². The van der Waals surface area contributed by atoms with Crippen LogP contribution in [-0.4, -0.2) is 4.57 Å². The third kappa shape index (κ3) is 4.80. The van der Waals surface area contributed by atoms with Crippen molar-refractivity contribution in [2.45, 2.75) is 0 Å². The molecule has 2 nitrogen and oxygen atoms in total. The third-order valence-electron chi connectivity index (χ3n) is 10.4. The Morgan fingerprint density at radius 3 is 1.54 bits per heavy atom. The maximum absolute atomic E-state index is 2.51. The molecule has 0 saturated heterocycles. The molecular weight excluding hydrogens is 629 g/mol. The molecule has 9 aromatic carbocycles. The molecule has 0 radical (unpaired) electrons. The normalized spacial score (nSPS) is 11.5. The van der Waals surface area contributed by atoms with E-state index in [1.54, 1.807) is 0 Å². The molecule has 10 rings (SSSR count). The fraction of sp³-hybridized carbons (Fsp3) is 0. The number of rotatable bonds is 6. The number of para-hydroxylation sites is 3. The third-order valence-corrected chi connectivity index (χ3v) is 10.4. The molecule has 0 saturated carbocycles. The van der Waals surface area contributed by atoms with E-state index in [-0.39, 0.29) is 0 Å². The van der Waals surface area contributed by atoms with Crippen molar-refractivity contribution in [1.82, 2.24) is 4.57 Å². The number of hydrogen-bond donors (Lipinski definition) is 0. The summed E-state index contributed by atoms with van der Waals surface area (Å²) in [4.78, 5) is 2.51. The molecule has 2 heteroatoms. The van der Waals surface area contributed by atoms with Gasteiger partial charge in [0.2, 0.25) is 0 Å². The minimum absolute atomic E-state index is 1.11. The summed E-state index contributed by atoms with van der Waals surface area (Å²) < 4.78 is 2.40. The van der Waals surface area contributed by atoms with Crippen LogP contribution in [0.15, 0.2) is 206 Å². The first kappa shape index (κ1) is 30.0. The summed E-state index contributed by atoms with van der Waals surface area (Å²) in [5, 5.41) is 7.35. The zero-order valence-corrected chi connectivity index (χ0v) is 28.5. The van der Waals surface area contributed by atoms with Crippen molar-refractivity contribution in [3.63, 3.8) is 0 Å². The van der Waals surface area contributed by atoms with Gasteiger partial charge in [0.1, 0.15) is 0 Å². The molecule has 0 spiro atoms. The molecule has 0 aliphatic carbocycles. The summed E-state index contributed by atoms with van der Waals surface area (Å²) >= 11 is 0. The largest absolute Gasteiger partial charge is 0.309 e. The van der Waals surface area contributed by atoms with Gasteiger partial charge in [-0.2, -0.15) is 0 Å². The van der Waals surface area contributed by atoms with E-state index in [0.717, 1.165) is 22.7 Å². The highest BCUT2D eigenvalue weighted by Crippen LogP contribution is 2.51. The van der Waals surface area contributed by atoms with Crippen LogP contribution in [0.4, 0.5) is 17.1 Å². The minimum atomic E-state index is 1.11. The number of fused-ring (bicyclic) bond motifs is 6. The minimum Gasteiger partial charge on any atom is -0.309 e. The van der Waals surface area contributed by atoms with Gasteiger partial charge in [-0.15, -0.1) is 0 Å². The Kier molecular flexibility index (Phi) is 7.18. The van der Waals surface area contributed by atoms with Crippen molar-refractivity contribution in [3.05, 3.63) is 206 Å². The van der Waals surface area contributed by atoms with Gasteiger partial charge in [-0.05, 0) is 75.3 Å². The van der Waals surface area contributed by atoms with E-state index < -0.39 is 0 Å². The summed E-state index contributed by atoms with van der Waals surface area (Å²) in [5.41, 5.74) is 11.7. The Labute approximate surface area is 303 Å². The Hall–Kier alpha value is -6.90. The molecule has 0 N–H and O–H groups in total. The lowest BCUT2D eigenvalue weighted by Gasteiger charge is -2.31. The molecule has 244 valence electrons. The average molecular weight is 663 g/mol. The second kappa shape index (κ2) is 12.5. The highest BCUT2D eigenvalue weighted by atomic mass is 15.2. The summed E-state index contributed by atoms with van der Waals surface area (Å²) in [5.74, 6) is 0. The van der Waals surface area contributed by atoms with Crippen LogP contribution in [0.5, 0.6) is 0 Å². The van der Waals surface area contributed by atoms with Gasteiger partial charge in [-0.1, -0.05) is 164 Å². The lowest BCUT2D eigenvalue weighted by atomic mass is 9.89. The summed E-state index contributed by atoms with van der Waals surface area (Å²) in [6.45, 7) is 0. The smallest absolute Gasteiger partial charge is 0.0625 e. The number of benzene rings is 9. The molecular formula is C50H34N2. The van der Waals surface area contributed by atoms with E-state index in [4.69, 9.17) is 0 Å². The van der Waals surface area contributed by atoms with Gasteiger partial charge < -0.3 is 9.47 Å². The van der Waals surface area contributed by atoms with Gasteiger partial charge in [-0.3, -0.25) is 0 Å². The zero-order chi connectivity index (χ0) is 34.4. The van der Waals surface area contributed by atoms with Gasteiger partial charge in [0.05, 0.1) is 22.4 Å². The molecule has 0 fully saturated rings. The Balaban J connectivity index is 1.34. The number of nitrogens with zero attached hydrogens (tertiary/aromatic N) is 2. The van der Waals surface area contributed by atoms with Gasteiger partial charge in [0.15, 0.2) is 0 Å². The van der Waals surface area contributed by atoms with E-state index in [1.807, 2.05) is 0 Å². The maximum Gasteiger partial charge on any atom is 0.0625 e. The highest BCUT2D eigenvalue weighted by Gasteiger charge is 2.26. The Morgan fingerprint density at radius 1 is 0.327 bits per heavy atom. The fourth-order valence-electron chi connectivity index (χ4n) is 8.11. The first-order valence-corrected chi connectivity index (χ1v) is 17.9. The van der Waals surface area contributed by atoms with Crippen molar-refractivity contribution in [2.75, 3.05) is 4.90 Å². The number of hydrogen-bond acceptors (Lipinski definition) is 1. The van der Waals surface area contributed by atoms with E-state index >= 15 is 0 Å². The molecule has 0 aliphatic rings. The van der Waals surface area contributed by atoms with Crippen LogP contribution < -0.4 is 4.90 Å². The lowest BCUT2D eigenvalue weighted by molar-refractivity contribution is 1.18. The van der Waals surface area contributed by atoms with Gasteiger partial charge in [0, 0.05) is 33.1 Å². The summed E-state index contributed by atoms with van der Waals surface area (Å²) in [6.07, 6.45) is 0. The van der Waals surface area contributed by atoms with Gasteiger partial charge >= 0.3 is 0 Å². The molecule has 0 bridgehead atoms. The molecule has 1 aromatic heterocycles. The molecule has 0 amide bonds. The second-order valence-corrected chi connectivity index (χ2v) is 13.3. The van der Waals surface area contributed by atoms with Crippen LogP contribution >= 0.6 is 0 Å². The molecule has 0 atom stereocenters. The van der Waals surface area contributed by atoms with Crippen LogP contribution in [0.2, 0.25) is 0 Å². The van der Waals surface area contributed by atoms with E-state index in [1.165, 1.54) is 65.6 Å². The van der Waals surface area contributed by atoms with Crippen molar-refractivity contribution in [2.24, 2.45) is 0 Å². The average Bonchev–Trinajstić information content (AvgIpc) is 3.57. The van der Waals surface area contributed by atoms with Gasteiger partial charge in [-0.25, -0.2) is 0 Å². The van der Waals surface area contributed by atoms with Crippen LogP contribution in [0.1, 0.15) is 0 Å². The highest BCUT2D eigenvalue weighted by molar-refractivity contribution is 6.24. The number of anilines is 3. The predicted octanol–water partition coefficient (Wildman–Crippen LogP) is 13.9. The Morgan fingerprint density at radius 2 is 0.827 bits per heavy atom. The van der Waals surface area contributed by atoms with Crippen molar-refractivity contribution in [3.8, 4) is 27.9 Å². The topological polar surface area (TPSA) is 8.17 Å². The SMILES string of the molecule is c1ccc(-c2ccc(-c3c(N(c4ccccc4)c4cccc5c4c4ccccc4n5-c4ccccc4)c4ccccc4c4ccccc34)cc2)cc1. The fourth-order valence-corrected chi connectivity index (χ4v) is 8.11. The molecule has 1 heterocycles. The molecule has 52 heavy (non-hydrogen) atoms. The van der Waals surface area contributed by atoms with Gasteiger partial charge in [0.25, 0.3) is 0 Å². The Bertz CT molecular complexity index is 2870. The first-order valence-electron chi connectivity index (χ1n) is 17.9. The number of aromatic nitrogens is 1. The van der Waals surface area contributed by atoms with E-state index in [0.29, 0.717) is 0 Å². The van der Waals surface area contributed by atoms with Crippen molar-refractivity contribution < 1.29 is 0 Å². The molecule has 10 aromatic rings. The lowest BCUT2D eigenvalue weighted by Crippen LogP contribution is -2.12. The van der Waals surface area contributed by atoms with E-state index in [2.05, 4.69) is 216 Å². The predicted molar refractivity (Wildman–Crippen MR) is 221 cm³/mol. The van der Waals surface area contributed by atoms with Crippen LogP contribution in [0.3, 0.4) is 0 Å². The first-order chi connectivity index (χ1) is 25.8. The molecule has 0 unspecified atom stereocenters. The monoisotopic (exact) mass is 662 g/mol. The van der Waals surface area contributed by atoms with Crippen molar-refractivity contribution >= 4 is 60.4 Å². The van der Waals surface area contributed by atoms with Crippen LogP contribution in [-0.2, 0) is 0 Å².